The molecule has 0 N–H and O–H groups in total. The molecule has 0 bridgehead atoms. The molecule has 3 aromatic rings. The van der Waals surface area contributed by atoms with Gasteiger partial charge in [0.1, 0.15) is 5.82 Å². The van der Waals surface area contributed by atoms with Crippen LogP contribution in [0.15, 0.2) is 59.8 Å². The molecule has 2 heterocycles. The van der Waals surface area contributed by atoms with Gasteiger partial charge in [0.05, 0.1) is 24.7 Å². The largest absolute Gasteiger partial charge is 0.378 e. The number of aromatic nitrogens is 3. The van der Waals surface area contributed by atoms with Gasteiger partial charge in [0.2, 0.25) is 11.9 Å². The van der Waals surface area contributed by atoms with Crippen LogP contribution in [-0.2, 0) is 16.1 Å². The fraction of sp³-hybridized carbons (Fsp3) is 0.375. The number of nitrogens with zero attached hydrogens (tertiary/aromatic N) is 5. The van der Waals surface area contributed by atoms with Crippen LogP contribution in [0.2, 0.25) is 0 Å². The first-order valence-corrected chi connectivity index (χ1v) is 12.0. The van der Waals surface area contributed by atoms with Gasteiger partial charge in [-0.25, -0.2) is 4.39 Å². The molecule has 2 aromatic carbocycles. The molecule has 0 radical (unpaired) electrons. The van der Waals surface area contributed by atoms with Crippen molar-refractivity contribution < 1.29 is 13.9 Å². The van der Waals surface area contributed by atoms with Crippen LogP contribution in [0, 0.1) is 5.82 Å². The average Bonchev–Trinajstić information content (AvgIpc) is 3.26. The third-order valence-corrected chi connectivity index (χ3v) is 6.35. The summed E-state index contributed by atoms with van der Waals surface area (Å²) in [5, 5.41) is 9.30. The summed E-state index contributed by atoms with van der Waals surface area (Å²) < 4.78 is 21.3. The minimum Gasteiger partial charge on any atom is -0.378 e. The van der Waals surface area contributed by atoms with Crippen molar-refractivity contribution in [3.63, 3.8) is 0 Å². The van der Waals surface area contributed by atoms with Crippen molar-refractivity contribution >= 4 is 23.6 Å². The summed E-state index contributed by atoms with van der Waals surface area (Å²) in [4.78, 5) is 17.1. The molecule has 174 valence electrons. The number of anilines is 1. The summed E-state index contributed by atoms with van der Waals surface area (Å²) >= 11 is 1.31. The van der Waals surface area contributed by atoms with Gasteiger partial charge in [0.25, 0.3) is 0 Å². The summed E-state index contributed by atoms with van der Waals surface area (Å²) in [5.41, 5.74) is 1.71. The molecular formula is C24H28FN5O2S. The highest BCUT2D eigenvalue weighted by atomic mass is 32.2. The van der Waals surface area contributed by atoms with Gasteiger partial charge in [-0.3, -0.25) is 9.36 Å². The molecule has 0 unspecified atom stereocenters. The maximum absolute atomic E-state index is 14.0. The highest BCUT2D eigenvalue weighted by molar-refractivity contribution is 7.99. The number of benzene rings is 2. The SMILES string of the molecule is CC(C)N(Cc1ccccc1)C(=O)CSc1nnc(N2CCOCC2)n1-c1cccc(F)c1. The average molecular weight is 470 g/mol. The Balaban J connectivity index is 1.55. The van der Waals surface area contributed by atoms with E-state index in [1.165, 1.54) is 23.9 Å². The molecule has 0 aliphatic carbocycles. The van der Waals surface area contributed by atoms with Crippen molar-refractivity contribution in [1.29, 1.82) is 0 Å². The smallest absolute Gasteiger partial charge is 0.233 e. The van der Waals surface area contributed by atoms with Gasteiger partial charge >= 0.3 is 0 Å². The Morgan fingerprint density at radius 3 is 2.58 bits per heavy atom. The Labute approximate surface area is 197 Å². The summed E-state index contributed by atoms with van der Waals surface area (Å²) in [6.45, 7) is 7.12. The molecule has 1 fully saturated rings. The zero-order chi connectivity index (χ0) is 23.2. The fourth-order valence-corrected chi connectivity index (χ4v) is 4.55. The van der Waals surface area contributed by atoms with Crippen LogP contribution < -0.4 is 4.90 Å². The van der Waals surface area contributed by atoms with Crippen LogP contribution in [0.25, 0.3) is 5.69 Å². The molecule has 0 spiro atoms. The monoisotopic (exact) mass is 469 g/mol. The minimum atomic E-state index is -0.338. The number of hydrogen-bond acceptors (Lipinski definition) is 6. The highest BCUT2D eigenvalue weighted by Gasteiger charge is 2.24. The number of carbonyl (C=O) groups excluding carboxylic acids is 1. The zero-order valence-electron chi connectivity index (χ0n) is 18.9. The van der Waals surface area contributed by atoms with Crippen molar-refractivity contribution in [1.82, 2.24) is 19.7 Å². The van der Waals surface area contributed by atoms with E-state index in [2.05, 4.69) is 15.1 Å². The van der Waals surface area contributed by atoms with Gasteiger partial charge in [-0.2, -0.15) is 0 Å². The van der Waals surface area contributed by atoms with Crippen LogP contribution in [0.3, 0.4) is 0 Å². The molecule has 0 atom stereocenters. The number of ether oxygens (including phenoxy) is 1. The van der Waals surface area contributed by atoms with E-state index >= 15 is 0 Å². The Morgan fingerprint density at radius 2 is 1.88 bits per heavy atom. The van der Waals surface area contributed by atoms with E-state index in [1.807, 2.05) is 59.7 Å². The van der Waals surface area contributed by atoms with Gasteiger partial charge in [0.15, 0.2) is 5.16 Å². The molecule has 1 saturated heterocycles. The van der Waals surface area contributed by atoms with E-state index < -0.39 is 0 Å². The molecule has 1 amide bonds. The lowest BCUT2D eigenvalue weighted by molar-refractivity contribution is -0.130. The maximum atomic E-state index is 14.0. The summed E-state index contributed by atoms with van der Waals surface area (Å²) in [5.74, 6) is 0.515. The first-order valence-electron chi connectivity index (χ1n) is 11.0. The number of carbonyl (C=O) groups is 1. The lowest BCUT2D eigenvalue weighted by Gasteiger charge is -2.28. The van der Waals surface area contributed by atoms with Crippen LogP contribution in [0.1, 0.15) is 19.4 Å². The Morgan fingerprint density at radius 1 is 1.12 bits per heavy atom. The molecule has 0 saturated carbocycles. The molecule has 33 heavy (non-hydrogen) atoms. The second-order valence-electron chi connectivity index (χ2n) is 8.09. The topological polar surface area (TPSA) is 63.5 Å². The first-order chi connectivity index (χ1) is 16.0. The Bertz CT molecular complexity index is 1070. The van der Waals surface area contributed by atoms with Crippen molar-refractivity contribution in [2.45, 2.75) is 31.6 Å². The Kier molecular flexibility index (Phi) is 7.61. The summed E-state index contributed by atoms with van der Waals surface area (Å²) in [6.07, 6.45) is 0. The summed E-state index contributed by atoms with van der Waals surface area (Å²) in [7, 11) is 0. The predicted octanol–water partition coefficient (Wildman–Crippen LogP) is 3.77. The van der Waals surface area contributed by atoms with E-state index in [4.69, 9.17) is 4.74 Å². The lowest BCUT2D eigenvalue weighted by Crippen LogP contribution is -2.38. The first kappa shape index (κ1) is 23.3. The van der Waals surface area contributed by atoms with Gasteiger partial charge in [-0.05, 0) is 37.6 Å². The van der Waals surface area contributed by atoms with Gasteiger partial charge < -0.3 is 14.5 Å². The van der Waals surface area contributed by atoms with E-state index in [1.54, 1.807) is 6.07 Å². The van der Waals surface area contributed by atoms with E-state index in [0.29, 0.717) is 49.6 Å². The molecule has 1 aliphatic heterocycles. The minimum absolute atomic E-state index is 0.0144. The molecular weight excluding hydrogens is 441 g/mol. The summed E-state index contributed by atoms with van der Waals surface area (Å²) in [6, 6.07) is 16.3. The quantitative estimate of drug-likeness (QED) is 0.468. The van der Waals surface area contributed by atoms with E-state index in [9.17, 15) is 9.18 Å². The second-order valence-corrected chi connectivity index (χ2v) is 9.03. The molecule has 7 nitrogen and oxygen atoms in total. The second kappa shape index (κ2) is 10.8. The van der Waals surface area contributed by atoms with Crippen LogP contribution >= 0.6 is 11.8 Å². The third kappa shape index (κ3) is 5.72. The maximum Gasteiger partial charge on any atom is 0.233 e. The number of rotatable bonds is 8. The van der Waals surface area contributed by atoms with Gasteiger partial charge in [-0.15, -0.1) is 10.2 Å². The van der Waals surface area contributed by atoms with Crippen LogP contribution in [0.5, 0.6) is 0 Å². The molecule has 4 rings (SSSR count). The van der Waals surface area contributed by atoms with Gasteiger partial charge in [0, 0.05) is 25.7 Å². The van der Waals surface area contributed by atoms with Crippen LogP contribution in [0.4, 0.5) is 10.3 Å². The Hall–Kier alpha value is -2.91. The van der Waals surface area contributed by atoms with Crippen molar-refractivity contribution in [2.24, 2.45) is 0 Å². The van der Waals surface area contributed by atoms with Crippen LogP contribution in [-0.4, -0.2) is 63.7 Å². The lowest BCUT2D eigenvalue weighted by atomic mass is 10.2. The van der Waals surface area contributed by atoms with Crippen molar-refractivity contribution in [2.75, 3.05) is 37.0 Å². The number of hydrogen-bond donors (Lipinski definition) is 0. The number of morpholine rings is 1. The fourth-order valence-electron chi connectivity index (χ4n) is 3.71. The third-order valence-electron chi connectivity index (χ3n) is 5.44. The highest BCUT2D eigenvalue weighted by Crippen LogP contribution is 2.28. The predicted molar refractivity (Wildman–Crippen MR) is 127 cm³/mol. The van der Waals surface area contributed by atoms with Crippen molar-refractivity contribution in [3.05, 3.63) is 66.0 Å². The molecule has 1 aliphatic rings. The normalized spacial score (nSPS) is 14.0. The molecule has 9 heteroatoms. The van der Waals surface area contributed by atoms with Gasteiger partial charge in [-0.1, -0.05) is 48.2 Å². The number of thioether (sulfide) groups is 1. The zero-order valence-corrected chi connectivity index (χ0v) is 19.7. The molecule has 1 aromatic heterocycles. The van der Waals surface area contributed by atoms with E-state index in [0.717, 1.165) is 5.56 Å². The van der Waals surface area contributed by atoms with Crippen molar-refractivity contribution in [3.8, 4) is 5.69 Å². The number of amides is 1. The number of halogens is 1. The van der Waals surface area contributed by atoms with E-state index in [-0.39, 0.29) is 23.5 Å². The standard InChI is InChI=1S/C24H28FN5O2S/c1-18(2)29(16-19-7-4-3-5-8-19)22(31)17-33-24-27-26-23(28-11-13-32-14-12-28)30(24)21-10-6-9-20(25)15-21/h3-10,15,18H,11-14,16-17H2,1-2H3.